The third-order valence-corrected chi connectivity index (χ3v) is 11.2. The molecule has 6 rings (SSSR count). The predicted molar refractivity (Wildman–Crippen MR) is 161 cm³/mol. The Bertz CT molecular complexity index is 1240. The van der Waals surface area contributed by atoms with Crippen LogP contribution >= 0.6 is 23.2 Å². The normalized spacial score (nSPS) is 24.6. The van der Waals surface area contributed by atoms with E-state index < -0.39 is 11.0 Å². The van der Waals surface area contributed by atoms with Crippen molar-refractivity contribution in [2.75, 3.05) is 19.6 Å². The van der Waals surface area contributed by atoms with Gasteiger partial charge >= 0.3 is 0 Å². The highest BCUT2D eigenvalue weighted by Crippen LogP contribution is 2.40. The summed E-state index contributed by atoms with van der Waals surface area (Å²) in [7, 11) is -1.50. The number of aromatic nitrogens is 1. The molecule has 39 heavy (non-hydrogen) atoms. The average Bonchev–Trinajstić information content (AvgIpc) is 3.21. The summed E-state index contributed by atoms with van der Waals surface area (Å²) in [6.07, 6.45) is 8.51. The van der Waals surface area contributed by atoms with Crippen molar-refractivity contribution >= 4 is 40.1 Å². The van der Waals surface area contributed by atoms with Gasteiger partial charge < -0.3 is 14.8 Å². The molecule has 1 amide bonds. The van der Waals surface area contributed by atoms with Gasteiger partial charge in [-0.1, -0.05) is 48.5 Å². The fraction of sp³-hybridized carbons (Fsp3) is 0.633. The Hall–Kier alpha value is -1.38. The van der Waals surface area contributed by atoms with Crippen LogP contribution in [0.1, 0.15) is 81.8 Å². The predicted octanol–water partition coefficient (Wildman–Crippen LogP) is 6.59. The molecule has 4 aliphatic rings. The molecule has 2 bridgehead atoms. The van der Waals surface area contributed by atoms with Crippen LogP contribution in [0.2, 0.25) is 10.0 Å². The Morgan fingerprint density at radius 2 is 1.74 bits per heavy atom. The summed E-state index contributed by atoms with van der Waals surface area (Å²) < 4.78 is 18.3. The minimum atomic E-state index is -1.50. The van der Waals surface area contributed by atoms with Gasteiger partial charge in [0.05, 0.1) is 26.2 Å². The first-order valence-corrected chi connectivity index (χ1v) is 16.3. The number of rotatable bonds is 7. The van der Waals surface area contributed by atoms with Gasteiger partial charge in [0.15, 0.2) is 0 Å². The molecule has 0 spiro atoms. The number of carbonyl (C=O) groups excluding carboxylic acids is 1. The third kappa shape index (κ3) is 6.43. The van der Waals surface area contributed by atoms with E-state index in [0.717, 1.165) is 56.0 Å². The molecule has 3 aliphatic heterocycles. The van der Waals surface area contributed by atoms with Gasteiger partial charge in [0, 0.05) is 35.9 Å². The molecule has 3 saturated heterocycles. The Balaban J connectivity index is 1.49. The smallest absolute Gasteiger partial charge is 0.253 e. The van der Waals surface area contributed by atoms with Crippen LogP contribution in [-0.2, 0) is 17.5 Å². The first-order chi connectivity index (χ1) is 18.5. The molecule has 214 valence electrons. The van der Waals surface area contributed by atoms with Gasteiger partial charge in [-0.2, -0.15) is 0 Å². The van der Waals surface area contributed by atoms with Crippen LogP contribution in [-0.4, -0.2) is 50.8 Å². The number of hydrogen-bond acceptors (Lipinski definition) is 3. The Morgan fingerprint density at radius 1 is 1.05 bits per heavy atom. The number of hydrogen-bond donors (Lipinski definition) is 2. The number of piperidine rings is 3. The lowest BCUT2D eigenvalue weighted by Crippen LogP contribution is -2.57. The number of fused-ring (bicyclic) bond motifs is 3. The zero-order valence-electron chi connectivity index (χ0n) is 23.6. The second-order valence-corrected chi connectivity index (χ2v) is 14.7. The number of nitrogens with zero attached hydrogens (tertiary/aromatic N) is 2. The van der Waals surface area contributed by atoms with Crippen molar-refractivity contribution in [3.05, 3.63) is 39.5 Å². The highest BCUT2D eigenvalue weighted by molar-refractivity contribution is 7.83. The summed E-state index contributed by atoms with van der Waals surface area (Å²) >= 11 is 13.6. The monoisotopic (exact) mass is 592 g/mol. The van der Waals surface area contributed by atoms with E-state index in [-0.39, 0.29) is 22.5 Å². The van der Waals surface area contributed by atoms with Crippen LogP contribution in [0.5, 0.6) is 0 Å². The van der Waals surface area contributed by atoms with E-state index in [0.29, 0.717) is 27.3 Å². The minimum absolute atomic E-state index is 0.00999. The van der Waals surface area contributed by atoms with Crippen LogP contribution in [0.4, 0.5) is 0 Å². The highest BCUT2D eigenvalue weighted by Gasteiger charge is 2.35. The van der Waals surface area contributed by atoms with Gasteiger partial charge in [-0.3, -0.25) is 4.79 Å². The molecule has 2 N–H and O–H groups in total. The van der Waals surface area contributed by atoms with Crippen LogP contribution in [0.25, 0.3) is 11.3 Å². The summed E-state index contributed by atoms with van der Waals surface area (Å²) in [5.41, 5.74) is 2.97. The molecule has 2 unspecified atom stereocenters. The summed E-state index contributed by atoms with van der Waals surface area (Å²) in [4.78, 5) is 16.6. The van der Waals surface area contributed by atoms with Crippen LogP contribution < -0.4 is 10.0 Å². The first kappa shape index (κ1) is 29.1. The van der Waals surface area contributed by atoms with Gasteiger partial charge in [-0.15, -0.1) is 0 Å². The van der Waals surface area contributed by atoms with Crippen molar-refractivity contribution in [3.63, 3.8) is 0 Å². The molecule has 1 aliphatic carbocycles. The third-order valence-electron chi connectivity index (χ3n) is 8.67. The molecule has 4 heterocycles. The Morgan fingerprint density at radius 3 is 2.36 bits per heavy atom. The Labute approximate surface area is 245 Å². The zero-order chi connectivity index (χ0) is 27.9. The maximum Gasteiger partial charge on any atom is 0.253 e. The van der Waals surface area contributed by atoms with Crippen LogP contribution in [0.15, 0.2) is 23.1 Å². The molecule has 2 aromatic rings. The number of benzene rings is 1. The van der Waals surface area contributed by atoms with Gasteiger partial charge in [0.2, 0.25) is 0 Å². The molecular weight excluding hydrogens is 551 g/mol. The molecule has 2 atom stereocenters. The molecule has 0 radical (unpaired) electrons. The summed E-state index contributed by atoms with van der Waals surface area (Å²) in [6, 6.07) is 5.87. The van der Waals surface area contributed by atoms with Crippen molar-refractivity contribution in [2.45, 2.75) is 95.7 Å². The summed E-state index contributed by atoms with van der Waals surface area (Å²) in [5, 5.41) is 4.02. The standard InChI is InChI=1S/C30H42Cl2N4O2S/c1-19-23(29(37)33-24-18-35-14-12-21(24)13-15-35)16-25(36(19)17-20-8-6-5-7-9-20)22-10-11-26(28(32)27(22)31)39(38)34-30(2,3)4/h10-11,16,20-21,24,34H,5-9,12-15,17-18H2,1-4H3,(H,33,37). The largest absolute Gasteiger partial charge is 0.348 e. The maximum atomic E-state index is 13.7. The SMILES string of the molecule is Cc1c(C(=O)NC2CN3CCC2CC3)cc(-c2ccc(S(=O)NC(C)(C)C)c(Cl)c2Cl)n1CC1CCCCC1. The van der Waals surface area contributed by atoms with E-state index in [4.69, 9.17) is 23.2 Å². The molecule has 1 aromatic heterocycles. The molecule has 6 nitrogen and oxygen atoms in total. The number of halogens is 2. The van der Waals surface area contributed by atoms with E-state index >= 15 is 0 Å². The first-order valence-electron chi connectivity index (χ1n) is 14.4. The van der Waals surface area contributed by atoms with Crippen molar-refractivity contribution in [1.29, 1.82) is 0 Å². The van der Waals surface area contributed by atoms with Crippen molar-refractivity contribution < 1.29 is 9.00 Å². The van der Waals surface area contributed by atoms with Crippen molar-refractivity contribution in [2.24, 2.45) is 11.8 Å². The molecule has 4 fully saturated rings. The van der Waals surface area contributed by atoms with Crippen LogP contribution in [0, 0.1) is 18.8 Å². The fourth-order valence-electron chi connectivity index (χ4n) is 6.54. The van der Waals surface area contributed by atoms with Gasteiger partial charge in [-0.05, 0) is 90.4 Å². The molecule has 1 aromatic carbocycles. The quantitative estimate of drug-likeness (QED) is 0.381. The van der Waals surface area contributed by atoms with Gasteiger partial charge in [-0.25, -0.2) is 8.93 Å². The lowest BCUT2D eigenvalue weighted by atomic mass is 9.84. The maximum absolute atomic E-state index is 13.7. The number of amides is 1. The van der Waals surface area contributed by atoms with Gasteiger partial charge in [0.25, 0.3) is 5.91 Å². The van der Waals surface area contributed by atoms with Crippen molar-refractivity contribution in [3.8, 4) is 11.3 Å². The Kier molecular flexibility index (Phi) is 8.85. The van der Waals surface area contributed by atoms with E-state index in [9.17, 15) is 9.00 Å². The lowest BCUT2D eigenvalue weighted by Gasteiger charge is -2.44. The second-order valence-electron chi connectivity index (χ2n) is 12.7. The van der Waals surface area contributed by atoms with Gasteiger partial charge in [0.1, 0.15) is 11.0 Å². The van der Waals surface area contributed by atoms with E-state index in [1.54, 1.807) is 6.07 Å². The zero-order valence-corrected chi connectivity index (χ0v) is 25.9. The number of carbonyl (C=O) groups is 1. The molecule has 1 saturated carbocycles. The topological polar surface area (TPSA) is 66.4 Å². The molecule has 9 heteroatoms. The van der Waals surface area contributed by atoms with E-state index in [2.05, 4.69) is 19.5 Å². The van der Waals surface area contributed by atoms with Crippen molar-refractivity contribution in [1.82, 2.24) is 19.5 Å². The number of nitrogens with one attached hydrogen (secondary N) is 2. The highest BCUT2D eigenvalue weighted by atomic mass is 35.5. The summed E-state index contributed by atoms with van der Waals surface area (Å²) in [5.74, 6) is 1.12. The second kappa shape index (κ2) is 11.8. The lowest BCUT2D eigenvalue weighted by molar-refractivity contribution is 0.0620. The van der Waals surface area contributed by atoms with E-state index in [1.807, 2.05) is 39.8 Å². The molecular formula is C30H42Cl2N4O2S. The summed E-state index contributed by atoms with van der Waals surface area (Å²) in [6.45, 7) is 12.0. The van der Waals surface area contributed by atoms with E-state index in [1.165, 1.54) is 32.1 Å². The average molecular weight is 594 g/mol. The fourth-order valence-corrected chi connectivity index (χ4v) is 8.36. The minimum Gasteiger partial charge on any atom is -0.348 e. The van der Waals surface area contributed by atoms with Crippen LogP contribution in [0.3, 0.4) is 0 Å².